The molecule has 5 rings (SSSR count). The predicted octanol–water partition coefficient (Wildman–Crippen LogP) is 5.90. The van der Waals surface area contributed by atoms with Gasteiger partial charge in [0, 0.05) is 49.4 Å². The van der Waals surface area contributed by atoms with Gasteiger partial charge < -0.3 is 9.64 Å². The molecule has 0 unspecified atom stereocenters. The summed E-state index contributed by atoms with van der Waals surface area (Å²) >= 11 is 1.66. The van der Waals surface area contributed by atoms with Crippen molar-refractivity contribution in [2.45, 2.75) is 6.54 Å². The van der Waals surface area contributed by atoms with E-state index in [-0.39, 0.29) is 0 Å². The van der Waals surface area contributed by atoms with E-state index in [4.69, 9.17) is 4.74 Å². The molecule has 3 nitrogen and oxygen atoms in total. The SMILES string of the molecule is COc1sccc1-c1ccccc1CN1CCN(c2cccc3ccccc23)CC1. The Labute approximate surface area is 182 Å². The number of thiophene rings is 1. The highest BCUT2D eigenvalue weighted by Crippen LogP contribution is 2.37. The molecule has 0 aliphatic carbocycles. The Kier molecular flexibility index (Phi) is 5.43. The molecule has 1 fully saturated rings. The molecule has 0 spiro atoms. The zero-order chi connectivity index (χ0) is 20.3. The fourth-order valence-electron chi connectivity index (χ4n) is 4.45. The molecule has 3 aromatic carbocycles. The van der Waals surface area contributed by atoms with E-state index in [0.717, 1.165) is 37.8 Å². The van der Waals surface area contributed by atoms with Crippen LogP contribution in [0.2, 0.25) is 0 Å². The van der Waals surface area contributed by atoms with Crippen LogP contribution < -0.4 is 9.64 Å². The van der Waals surface area contributed by atoms with Crippen molar-refractivity contribution in [1.29, 1.82) is 0 Å². The normalized spacial score (nSPS) is 14.9. The fourth-order valence-corrected chi connectivity index (χ4v) is 5.17. The predicted molar refractivity (Wildman–Crippen MR) is 128 cm³/mol. The number of hydrogen-bond acceptors (Lipinski definition) is 4. The van der Waals surface area contributed by atoms with Crippen LogP contribution in [0.5, 0.6) is 5.06 Å². The van der Waals surface area contributed by atoms with Crippen LogP contribution in [-0.4, -0.2) is 38.2 Å². The van der Waals surface area contributed by atoms with Gasteiger partial charge >= 0.3 is 0 Å². The first-order valence-corrected chi connectivity index (χ1v) is 11.4. The number of benzene rings is 3. The first-order valence-electron chi connectivity index (χ1n) is 10.5. The number of methoxy groups -OCH3 is 1. The van der Waals surface area contributed by atoms with Crippen LogP contribution in [0.4, 0.5) is 5.69 Å². The summed E-state index contributed by atoms with van der Waals surface area (Å²) in [5, 5.41) is 5.76. The first kappa shape index (κ1) is 19.2. The van der Waals surface area contributed by atoms with Crippen LogP contribution in [0.3, 0.4) is 0 Å². The van der Waals surface area contributed by atoms with Crippen molar-refractivity contribution < 1.29 is 4.74 Å². The quantitative estimate of drug-likeness (QED) is 0.404. The van der Waals surface area contributed by atoms with Crippen molar-refractivity contribution in [2.75, 3.05) is 38.2 Å². The molecule has 0 radical (unpaired) electrons. The highest BCUT2D eigenvalue weighted by molar-refractivity contribution is 7.12. The van der Waals surface area contributed by atoms with Gasteiger partial charge in [-0.25, -0.2) is 0 Å². The number of nitrogens with zero attached hydrogens (tertiary/aromatic N) is 2. The summed E-state index contributed by atoms with van der Waals surface area (Å²) in [7, 11) is 1.75. The topological polar surface area (TPSA) is 15.7 Å². The summed E-state index contributed by atoms with van der Waals surface area (Å²) in [5.41, 5.74) is 5.21. The minimum Gasteiger partial charge on any atom is -0.487 e. The van der Waals surface area contributed by atoms with Gasteiger partial charge in [0.2, 0.25) is 0 Å². The smallest absolute Gasteiger partial charge is 0.181 e. The minimum absolute atomic E-state index is 0.971. The van der Waals surface area contributed by atoms with Crippen molar-refractivity contribution >= 4 is 27.8 Å². The molecule has 0 saturated carbocycles. The van der Waals surface area contributed by atoms with E-state index in [1.165, 1.54) is 33.2 Å². The fraction of sp³-hybridized carbons (Fsp3) is 0.231. The van der Waals surface area contributed by atoms with E-state index in [9.17, 15) is 0 Å². The van der Waals surface area contributed by atoms with Crippen LogP contribution in [0.1, 0.15) is 5.56 Å². The Balaban J connectivity index is 1.32. The molecule has 30 heavy (non-hydrogen) atoms. The lowest BCUT2D eigenvalue weighted by Crippen LogP contribution is -2.46. The van der Waals surface area contributed by atoms with Crippen LogP contribution in [0.25, 0.3) is 21.9 Å². The maximum absolute atomic E-state index is 5.58. The van der Waals surface area contributed by atoms with Gasteiger partial charge in [0.25, 0.3) is 0 Å². The van der Waals surface area contributed by atoms with Crippen molar-refractivity contribution in [3.8, 4) is 16.2 Å². The lowest BCUT2D eigenvalue weighted by atomic mass is 10.0. The summed E-state index contributed by atoms with van der Waals surface area (Å²) < 4.78 is 5.58. The Morgan fingerprint density at radius 1 is 0.800 bits per heavy atom. The third-order valence-corrected chi connectivity index (χ3v) is 6.87. The standard InChI is InChI=1S/C26H26N2OS/c1-29-26-24(13-18-30-26)22-10-4-3-8-21(22)19-27-14-16-28(17-15-27)25-12-6-9-20-7-2-5-11-23(20)25/h2-13,18H,14-17,19H2,1H3. The van der Waals surface area contributed by atoms with Gasteiger partial charge in [-0.05, 0) is 34.0 Å². The highest BCUT2D eigenvalue weighted by Gasteiger charge is 2.20. The summed E-state index contributed by atoms with van der Waals surface area (Å²) in [6.45, 7) is 5.21. The Morgan fingerprint density at radius 2 is 1.57 bits per heavy atom. The van der Waals surface area contributed by atoms with Gasteiger partial charge in [-0.15, -0.1) is 11.3 Å². The van der Waals surface area contributed by atoms with E-state index in [2.05, 4.69) is 88.0 Å². The van der Waals surface area contributed by atoms with Gasteiger partial charge in [-0.3, -0.25) is 4.90 Å². The molecule has 4 heteroatoms. The molecule has 0 N–H and O–H groups in total. The summed E-state index contributed by atoms with van der Waals surface area (Å²) in [6, 6.07) is 26.2. The molecule has 1 aliphatic rings. The van der Waals surface area contributed by atoms with E-state index >= 15 is 0 Å². The van der Waals surface area contributed by atoms with E-state index < -0.39 is 0 Å². The van der Waals surface area contributed by atoms with Crippen LogP contribution in [-0.2, 0) is 6.54 Å². The van der Waals surface area contributed by atoms with Crippen LogP contribution in [0, 0.1) is 0 Å². The molecule has 0 bridgehead atoms. The van der Waals surface area contributed by atoms with Crippen LogP contribution >= 0.6 is 11.3 Å². The Morgan fingerprint density at radius 3 is 2.43 bits per heavy atom. The average Bonchev–Trinajstić information content (AvgIpc) is 3.28. The molecule has 4 aromatic rings. The number of hydrogen-bond donors (Lipinski definition) is 0. The molecule has 1 aromatic heterocycles. The number of fused-ring (bicyclic) bond motifs is 1. The molecule has 0 amide bonds. The maximum Gasteiger partial charge on any atom is 0.181 e. The average molecular weight is 415 g/mol. The molecule has 1 saturated heterocycles. The van der Waals surface area contributed by atoms with Crippen molar-refractivity contribution in [1.82, 2.24) is 4.90 Å². The van der Waals surface area contributed by atoms with E-state index in [1.807, 2.05) is 0 Å². The Bertz CT molecular complexity index is 1140. The van der Waals surface area contributed by atoms with Gasteiger partial charge in [0.1, 0.15) is 0 Å². The third-order valence-electron chi connectivity index (χ3n) is 6.00. The number of rotatable bonds is 5. The number of ether oxygens (including phenoxy) is 1. The highest BCUT2D eigenvalue weighted by atomic mass is 32.1. The maximum atomic E-state index is 5.58. The molecular weight excluding hydrogens is 388 g/mol. The molecule has 152 valence electrons. The van der Waals surface area contributed by atoms with Crippen molar-refractivity contribution in [3.05, 3.63) is 83.7 Å². The molecule has 2 heterocycles. The second kappa shape index (κ2) is 8.50. The summed E-state index contributed by atoms with van der Waals surface area (Å²) in [6.07, 6.45) is 0. The van der Waals surface area contributed by atoms with E-state index in [0.29, 0.717) is 0 Å². The monoisotopic (exact) mass is 414 g/mol. The zero-order valence-corrected chi connectivity index (χ0v) is 18.1. The number of anilines is 1. The minimum atomic E-state index is 0.971. The van der Waals surface area contributed by atoms with E-state index in [1.54, 1.807) is 18.4 Å². The first-order chi connectivity index (χ1) is 14.8. The van der Waals surface area contributed by atoms with Crippen molar-refractivity contribution in [2.24, 2.45) is 0 Å². The summed E-state index contributed by atoms with van der Waals surface area (Å²) in [5.74, 6) is 0. The molecule has 0 atom stereocenters. The molecule has 1 aliphatic heterocycles. The van der Waals surface area contributed by atoms with Gasteiger partial charge in [-0.2, -0.15) is 0 Å². The molecular formula is C26H26N2OS. The Hall–Kier alpha value is -2.82. The second-order valence-corrected chi connectivity index (χ2v) is 8.62. The lowest BCUT2D eigenvalue weighted by molar-refractivity contribution is 0.250. The van der Waals surface area contributed by atoms with Crippen LogP contribution in [0.15, 0.2) is 78.2 Å². The van der Waals surface area contributed by atoms with Crippen molar-refractivity contribution in [3.63, 3.8) is 0 Å². The second-order valence-electron chi connectivity index (χ2n) is 7.74. The lowest BCUT2D eigenvalue weighted by Gasteiger charge is -2.37. The third kappa shape index (κ3) is 3.69. The number of piperazine rings is 1. The zero-order valence-electron chi connectivity index (χ0n) is 17.3. The van der Waals surface area contributed by atoms with Gasteiger partial charge in [0.15, 0.2) is 5.06 Å². The van der Waals surface area contributed by atoms with Gasteiger partial charge in [-0.1, -0.05) is 60.7 Å². The van der Waals surface area contributed by atoms with Gasteiger partial charge in [0.05, 0.1) is 7.11 Å². The largest absolute Gasteiger partial charge is 0.487 e. The summed E-state index contributed by atoms with van der Waals surface area (Å²) in [4.78, 5) is 5.10.